The first-order valence-corrected chi connectivity index (χ1v) is 4.60. The topological polar surface area (TPSA) is 88.3 Å². The van der Waals surface area contributed by atoms with E-state index in [1.54, 1.807) is 0 Å². The monoisotopic (exact) mass is 210 g/mol. The number of nitrogen functional groups attached to an aromatic ring is 1. The van der Waals surface area contributed by atoms with Crippen molar-refractivity contribution in [2.75, 3.05) is 5.84 Å². The van der Waals surface area contributed by atoms with Crippen LogP contribution < -0.4 is 5.84 Å². The Morgan fingerprint density at radius 1 is 1.50 bits per heavy atom. The van der Waals surface area contributed by atoms with E-state index in [9.17, 15) is 0 Å². The lowest BCUT2D eigenvalue weighted by Gasteiger charge is -1.93. The zero-order chi connectivity index (χ0) is 10.1. The van der Waals surface area contributed by atoms with Crippen LogP contribution in [0.5, 0.6) is 0 Å². The molecule has 6 nitrogen and oxygen atoms in total. The molecule has 14 heavy (non-hydrogen) atoms. The molecule has 2 heterocycles. The summed E-state index contributed by atoms with van der Waals surface area (Å²) >= 11 is 4.89. The van der Waals surface area contributed by atoms with Gasteiger partial charge in [0.15, 0.2) is 0 Å². The van der Waals surface area contributed by atoms with E-state index in [4.69, 9.17) is 18.1 Å². The molecule has 0 spiro atoms. The maximum absolute atomic E-state index is 5.65. The smallest absolute Gasteiger partial charge is 0.214 e. The summed E-state index contributed by atoms with van der Waals surface area (Å²) < 4.78 is 1.67. The summed E-state index contributed by atoms with van der Waals surface area (Å²) in [5.41, 5.74) is 1.73. The normalized spacial score (nSPS) is 10.6. The minimum absolute atomic E-state index is 0.376. The molecule has 0 saturated heterocycles. The fraction of sp³-hybridized carbons (Fsp3) is 0.286. The Labute approximate surface area is 85.1 Å². The average molecular weight is 210 g/mol. The lowest BCUT2D eigenvalue weighted by atomic mass is 10.3. The van der Waals surface area contributed by atoms with Gasteiger partial charge in [-0.3, -0.25) is 5.10 Å². The van der Waals surface area contributed by atoms with Crippen molar-refractivity contribution in [3.8, 4) is 11.5 Å². The van der Waals surface area contributed by atoms with Crippen LogP contribution in [0.25, 0.3) is 11.5 Å². The summed E-state index contributed by atoms with van der Waals surface area (Å²) in [6.45, 7) is 2.04. The molecule has 2 aromatic heterocycles. The van der Waals surface area contributed by atoms with Gasteiger partial charge in [0.2, 0.25) is 10.6 Å². The molecule has 0 aromatic carbocycles. The second-order valence-corrected chi connectivity index (χ2v) is 3.24. The van der Waals surface area contributed by atoms with Crippen molar-refractivity contribution in [2.24, 2.45) is 0 Å². The van der Waals surface area contributed by atoms with E-state index in [-0.39, 0.29) is 0 Å². The number of aryl methyl sites for hydroxylation is 1. The van der Waals surface area contributed by atoms with Gasteiger partial charge in [-0.25, -0.2) is 9.77 Å². The van der Waals surface area contributed by atoms with Gasteiger partial charge in [0.05, 0.1) is 0 Å². The highest BCUT2D eigenvalue weighted by molar-refractivity contribution is 7.71. The van der Waals surface area contributed by atoms with E-state index >= 15 is 0 Å². The molecule has 0 bridgehead atoms. The van der Waals surface area contributed by atoms with Crippen LogP contribution in [0.1, 0.15) is 12.6 Å². The minimum Gasteiger partial charge on any atom is -0.335 e. The van der Waals surface area contributed by atoms with E-state index in [0.717, 1.165) is 12.1 Å². The maximum Gasteiger partial charge on any atom is 0.214 e. The minimum atomic E-state index is 0.376. The zero-order valence-corrected chi connectivity index (χ0v) is 8.43. The molecule has 0 aliphatic rings. The second-order valence-electron chi connectivity index (χ2n) is 2.85. The number of hydrogen-bond donors (Lipinski definition) is 3. The average Bonchev–Trinajstić information content (AvgIpc) is 2.75. The highest BCUT2D eigenvalue weighted by Gasteiger charge is 2.09. The van der Waals surface area contributed by atoms with Crippen molar-refractivity contribution in [1.29, 1.82) is 0 Å². The third-order valence-electron chi connectivity index (χ3n) is 1.95. The lowest BCUT2D eigenvalue weighted by molar-refractivity contribution is 0.953. The van der Waals surface area contributed by atoms with Crippen molar-refractivity contribution in [3.05, 3.63) is 16.5 Å². The lowest BCUT2D eigenvalue weighted by Crippen LogP contribution is -2.09. The molecule has 0 amide bonds. The van der Waals surface area contributed by atoms with Crippen molar-refractivity contribution in [2.45, 2.75) is 13.3 Å². The van der Waals surface area contributed by atoms with Gasteiger partial charge >= 0.3 is 0 Å². The number of rotatable bonds is 2. The number of hydrogen-bond acceptors (Lipinski definition) is 4. The van der Waals surface area contributed by atoms with E-state index in [2.05, 4.69) is 20.4 Å². The fourth-order valence-corrected chi connectivity index (χ4v) is 1.27. The molecule has 0 aliphatic carbocycles. The van der Waals surface area contributed by atoms with Crippen LogP contribution >= 0.6 is 12.2 Å². The predicted molar refractivity (Wildman–Crippen MR) is 54.5 cm³/mol. The van der Waals surface area contributed by atoms with E-state index < -0.39 is 0 Å². The van der Waals surface area contributed by atoms with Crippen LogP contribution in [0.15, 0.2) is 6.07 Å². The highest BCUT2D eigenvalue weighted by atomic mass is 32.1. The summed E-state index contributed by atoms with van der Waals surface area (Å²) in [5, 5.41) is 13.5. The number of nitrogens with one attached hydrogen (secondary N) is 2. The Morgan fingerprint density at radius 2 is 2.29 bits per heavy atom. The molecule has 0 aliphatic heterocycles. The molecule has 2 rings (SSSR count). The Bertz CT molecular complexity index is 492. The van der Waals surface area contributed by atoms with Crippen molar-refractivity contribution < 1.29 is 0 Å². The van der Waals surface area contributed by atoms with Crippen LogP contribution in [0, 0.1) is 4.77 Å². The third-order valence-corrected chi connectivity index (χ3v) is 2.23. The fourth-order valence-electron chi connectivity index (χ4n) is 1.14. The molecule has 7 heteroatoms. The number of nitrogens with zero attached hydrogens (tertiary/aromatic N) is 3. The van der Waals surface area contributed by atoms with Crippen molar-refractivity contribution in [1.82, 2.24) is 25.1 Å². The number of H-pyrrole nitrogens is 2. The molecular weight excluding hydrogens is 200 g/mol. The van der Waals surface area contributed by atoms with Gasteiger partial charge in [-0.1, -0.05) is 6.92 Å². The van der Waals surface area contributed by atoms with Gasteiger partial charge in [-0.2, -0.15) is 10.2 Å². The zero-order valence-electron chi connectivity index (χ0n) is 7.61. The van der Waals surface area contributed by atoms with Gasteiger partial charge in [0, 0.05) is 5.69 Å². The molecule has 0 saturated carbocycles. The molecule has 0 unspecified atom stereocenters. The van der Waals surface area contributed by atoms with Gasteiger partial charge in [-0.15, -0.1) is 0 Å². The highest BCUT2D eigenvalue weighted by Crippen LogP contribution is 2.13. The molecule has 0 atom stereocenters. The summed E-state index contributed by atoms with van der Waals surface area (Å²) in [5.74, 6) is 6.18. The first-order valence-electron chi connectivity index (χ1n) is 4.19. The largest absolute Gasteiger partial charge is 0.335 e. The quantitative estimate of drug-likeness (QED) is 0.500. The standard InChI is InChI=1S/C7H10N6S/c1-2-4-3-5(10-9-4)6-11-12-7(14)13(6)8/h3H,2,8H2,1H3,(H,9,10)(H,12,14). The number of aromatic nitrogens is 5. The van der Waals surface area contributed by atoms with E-state index in [0.29, 0.717) is 16.3 Å². The Morgan fingerprint density at radius 3 is 2.79 bits per heavy atom. The predicted octanol–water partition coefficient (Wildman–Crippen LogP) is 0.607. The van der Waals surface area contributed by atoms with Crippen molar-refractivity contribution in [3.63, 3.8) is 0 Å². The van der Waals surface area contributed by atoms with Crippen LogP contribution in [-0.4, -0.2) is 25.1 Å². The van der Waals surface area contributed by atoms with E-state index in [1.165, 1.54) is 4.68 Å². The second kappa shape index (κ2) is 3.26. The molecule has 4 N–H and O–H groups in total. The van der Waals surface area contributed by atoms with Gasteiger partial charge in [0.1, 0.15) is 5.69 Å². The van der Waals surface area contributed by atoms with Crippen LogP contribution in [0.4, 0.5) is 0 Å². The maximum atomic E-state index is 5.65. The molecule has 0 fully saturated rings. The SMILES string of the molecule is CCc1cc(-c2n[nH]c(=S)n2N)n[nH]1. The molecular formula is C7H10N6S. The Kier molecular flexibility index (Phi) is 2.08. The summed E-state index contributed by atoms with van der Waals surface area (Å²) in [6, 6.07) is 1.90. The Hall–Kier alpha value is -1.63. The molecule has 2 aromatic rings. The van der Waals surface area contributed by atoms with Crippen LogP contribution in [-0.2, 0) is 6.42 Å². The van der Waals surface area contributed by atoms with Crippen molar-refractivity contribution >= 4 is 12.2 Å². The molecule has 0 radical (unpaired) electrons. The van der Waals surface area contributed by atoms with E-state index in [1.807, 2.05) is 13.0 Å². The Balaban J connectivity index is 2.49. The summed E-state index contributed by atoms with van der Waals surface area (Å²) in [7, 11) is 0. The van der Waals surface area contributed by atoms with Crippen LogP contribution in [0.2, 0.25) is 0 Å². The summed E-state index contributed by atoms with van der Waals surface area (Å²) in [4.78, 5) is 0. The first kappa shape index (κ1) is 8.95. The third kappa shape index (κ3) is 1.31. The number of aromatic amines is 2. The number of nitrogens with two attached hydrogens (primary N) is 1. The summed E-state index contributed by atoms with van der Waals surface area (Å²) in [6.07, 6.45) is 0.892. The van der Waals surface area contributed by atoms with Gasteiger partial charge in [0.25, 0.3) is 0 Å². The first-order chi connectivity index (χ1) is 6.72. The van der Waals surface area contributed by atoms with Crippen LogP contribution in [0.3, 0.4) is 0 Å². The van der Waals surface area contributed by atoms with Gasteiger partial charge in [-0.05, 0) is 24.7 Å². The molecule has 74 valence electrons. The van der Waals surface area contributed by atoms with Gasteiger partial charge < -0.3 is 5.84 Å².